The number of nitrogens with one attached hydrogen (secondary N) is 2. The van der Waals surface area contributed by atoms with E-state index in [4.69, 9.17) is 4.74 Å². The first-order valence-electron chi connectivity index (χ1n) is 7.33. The highest BCUT2D eigenvalue weighted by molar-refractivity contribution is 5.76. The molecule has 0 aliphatic carbocycles. The molecule has 0 aromatic carbocycles. The average Bonchev–Trinajstić information content (AvgIpc) is 2.91. The monoisotopic (exact) mass is 254 g/mol. The maximum absolute atomic E-state index is 11.9. The van der Waals surface area contributed by atoms with Crippen LogP contribution in [0.2, 0.25) is 0 Å². The number of carbonyl (C=O) groups excluding carboxylic acids is 1. The summed E-state index contributed by atoms with van der Waals surface area (Å²) in [5.74, 6) is 1.46. The number of carbonyl (C=O) groups is 1. The van der Waals surface area contributed by atoms with E-state index in [9.17, 15) is 4.79 Å². The van der Waals surface area contributed by atoms with Crippen LogP contribution in [0, 0.1) is 11.8 Å². The van der Waals surface area contributed by atoms with E-state index in [0.717, 1.165) is 45.1 Å². The summed E-state index contributed by atoms with van der Waals surface area (Å²) in [7, 11) is 0. The van der Waals surface area contributed by atoms with E-state index < -0.39 is 0 Å². The lowest BCUT2D eigenvalue weighted by molar-refractivity contribution is -0.122. The van der Waals surface area contributed by atoms with Crippen LogP contribution in [0.15, 0.2) is 0 Å². The van der Waals surface area contributed by atoms with Gasteiger partial charge in [0.15, 0.2) is 0 Å². The first-order chi connectivity index (χ1) is 8.75. The molecule has 2 fully saturated rings. The van der Waals surface area contributed by atoms with Crippen molar-refractivity contribution in [2.75, 3.05) is 26.3 Å². The van der Waals surface area contributed by atoms with Crippen LogP contribution in [0.25, 0.3) is 0 Å². The zero-order valence-electron chi connectivity index (χ0n) is 11.4. The Kier molecular flexibility index (Phi) is 5.45. The van der Waals surface area contributed by atoms with E-state index in [0.29, 0.717) is 12.3 Å². The van der Waals surface area contributed by atoms with Crippen molar-refractivity contribution in [1.29, 1.82) is 0 Å². The van der Waals surface area contributed by atoms with Crippen LogP contribution in [-0.2, 0) is 9.53 Å². The van der Waals surface area contributed by atoms with Crippen molar-refractivity contribution in [3.8, 4) is 0 Å². The number of piperidine rings is 1. The highest BCUT2D eigenvalue weighted by atomic mass is 16.5. The molecule has 4 nitrogen and oxygen atoms in total. The lowest BCUT2D eigenvalue weighted by Gasteiger charge is -2.23. The SMILES string of the molecule is CC(NC(=O)CCC1CCNCC1)C1CCOC1. The summed E-state index contributed by atoms with van der Waals surface area (Å²) in [6.07, 6.45) is 5.25. The molecule has 2 atom stereocenters. The fourth-order valence-corrected chi connectivity index (χ4v) is 2.90. The van der Waals surface area contributed by atoms with Gasteiger partial charge in [-0.2, -0.15) is 0 Å². The fraction of sp³-hybridized carbons (Fsp3) is 0.929. The van der Waals surface area contributed by atoms with E-state index in [1.54, 1.807) is 0 Å². The summed E-state index contributed by atoms with van der Waals surface area (Å²) in [4.78, 5) is 11.9. The molecule has 2 saturated heterocycles. The van der Waals surface area contributed by atoms with Gasteiger partial charge in [0, 0.05) is 25.0 Å². The second kappa shape index (κ2) is 7.10. The first kappa shape index (κ1) is 13.8. The summed E-state index contributed by atoms with van der Waals surface area (Å²) < 4.78 is 5.36. The van der Waals surface area contributed by atoms with Gasteiger partial charge in [-0.1, -0.05) is 0 Å². The van der Waals surface area contributed by atoms with Gasteiger partial charge in [0.05, 0.1) is 6.61 Å². The molecule has 2 unspecified atom stereocenters. The number of ether oxygens (including phenoxy) is 1. The molecule has 2 aliphatic rings. The van der Waals surface area contributed by atoms with Crippen molar-refractivity contribution < 1.29 is 9.53 Å². The molecule has 0 saturated carbocycles. The highest BCUT2D eigenvalue weighted by Crippen LogP contribution is 2.19. The summed E-state index contributed by atoms with van der Waals surface area (Å²) in [5, 5.41) is 6.48. The van der Waals surface area contributed by atoms with Crippen molar-refractivity contribution in [3.05, 3.63) is 0 Å². The van der Waals surface area contributed by atoms with Crippen molar-refractivity contribution in [1.82, 2.24) is 10.6 Å². The van der Waals surface area contributed by atoms with Crippen LogP contribution in [0.4, 0.5) is 0 Å². The molecule has 1 amide bonds. The number of amides is 1. The van der Waals surface area contributed by atoms with Crippen LogP contribution < -0.4 is 10.6 Å². The number of hydrogen-bond acceptors (Lipinski definition) is 3. The topological polar surface area (TPSA) is 50.4 Å². The number of rotatable bonds is 5. The Morgan fingerprint density at radius 1 is 1.39 bits per heavy atom. The van der Waals surface area contributed by atoms with Gasteiger partial charge in [0.25, 0.3) is 0 Å². The summed E-state index contributed by atoms with van der Waals surface area (Å²) in [6, 6.07) is 0.257. The van der Waals surface area contributed by atoms with Gasteiger partial charge in [-0.05, 0) is 51.6 Å². The molecule has 0 bridgehead atoms. The zero-order valence-corrected chi connectivity index (χ0v) is 11.4. The lowest BCUT2D eigenvalue weighted by Crippen LogP contribution is -2.38. The van der Waals surface area contributed by atoms with E-state index in [1.165, 1.54) is 12.8 Å². The van der Waals surface area contributed by atoms with E-state index in [1.807, 2.05) is 0 Å². The molecular formula is C14H26N2O2. The van der Waals surface area contributed by atoms with Crippen LogP contribution in [-0.4, -0.2) is 38.3 Å². The summed E-state index contributed by atoms with van der Waals surface area (Å²) >= 11 is 0. The van der Waals surface area contributed by atoms with Crippen molar-refractivity contribution >= 4 is 5.91 Å². The van der Waals surface area contributed by atoms with Crippen LogP contribution in [0.3, 0.4) is 0 Å². The third-order valence-electron chi connectivity index (χ3n) is 4.30. The summed E-state index contributed by atoms with van der Waals surface area (Å²) in [6.45, 7) is 5.97. The number of hydrogen-bond donors (Lipinski definition) is 2. The second-order valence-electron chi connectivity index (χ2n) is 5.71. The fourth-order valence-electron chi connectivity index (χ4n) is 2.90. The molecule has 0 aromatic rings. The minimum absolute atomic E-state index is 0.216. The standard InChI is InChI=1S/C14H26N2O2/c1-11(13-6-9-18-10-13)16-14(17)3-2-12-4-7-15-8-5-12/h11-13,15H,2-10H2,1H3,(H,16,17). The van der Waals surface area contributed by atoms with Crippen LogP contribution in [0.5, 0.6) is 0 Å². The summed E-state index contributed by atoms with van der Waals surface area (Å²) in [5.41, 5.74) is 0. The molecule has 18 heavy (non-hydrogen) atoms. The Morgan fingerprint density at radius 2 is 2.17 bits per heavy atom. The largest absolute Gasteiger partial charge is 0.381 e. The quantitative estimate of drug-likeness (QED) is 0.777. The average molecular weight is 254 g/mol. The zero-order chi connectivity index (χ0) is 12.8. The van der Waals surface area contributed by atoms with Gasteiger partial charge in [-0.25, -0.2) is 0 Å². The maximum atomic E-state index is 11.9. The van der Waals surface area contributed by atoms with E-state index in [-0.39, 0.29) is 11.9 Å². The maximum Gasteiger partial charge on any atom is 0.220 e. The third kappa shape index (κ3) is 4.25. The van der Waals surface area contributed by atoms with Crippen molar-refractivity contribution in [2.45, 2.75) is 45.1 Å². The predicted octanol–water partition coefficient (Wildman–Crippen LogP) is 1.31. The third-order valence-corrected chi connectivity index (χ3v) is 4.30. The van der Waals surface area contributed by atoms with Crippen molar-refractivity contribution in [2.24, 2.45) is 11.8 Å². The molecule has 0 aromatic heterocycles. The highest BCUT2D eigenvalue weighted by Gasteiger charge is 2.23. The molecule has 104 valence electrons. The smallest absolute Gasteiger partial charge is 0.220 e. The molecule has 4 heteroatoms. The normalized spacial score (nSPS) is 27.1. The Hall–Kier alpha value is -0.610. The Morgan fingerprint density at radius 3 is 2.83 bits per heavy atom. The molecule has 0 spiro atoms. The van der Waals surface area contributed by atoms with Gasteiger partial charge in [-0.15, -0.1) is 0 Å². The van der Waals surface area contributed by atoms with Crippen LogP contribution >= 0.6 is 0 Å². The molecule has 2 N–H and O–H groups in total. The van der Waals surface area contributed by atoms with Gasteiger partial charge in [0.1, 0.15) is 0 Å². The van der Waals surface area contributed by atoms with E-state index in [2.05, 4.69) is 17.6 Å². The van der Waals surface area contributed by atoms with Crippen molar-refractivity contribution in [3.63, 3.8) is 0 Å². The van der Waals surface area contributed by atoms with Crippen LogP contribution in [0.1, 0.15) is 39.0 Å². The van der Waals surface area contributed by atoms with Gasteiger partial charge in [-0.3, -0.25) is 4.79 Å². The Bertz CT molecular complexity index is 259. The molecular weight excluding hydrogens is 228 g/mol. The molecule has 2 heterocycles. The second-order valence-corrected chi connectivity index (χ2v) is 5.71. The molecule has 2 rings (SSSR count). The molecule has 0 radical (unpaired) electrons. The predicted molar refractivity (Wildman–Crippen MR) is 71.4 cm³/mol. The minimum atomic E-state index is 0.216. The Labute approximate surface area is 110 Å². The minimum Gasteiger partial charge on any atom is -0.381 e. The first-order valence-corrected chi connectivity index (χ1v) is 7.33. The van der Waals surface area contributed by atoms with E-state index >= 15 is 0 Å². The lowest BCUT2D eigenvalue weighted by atomic mass is 9.93. The van der Waals surface area contributed by atoms with Gasteiger partial charge < -0.3 is 15.4 Å². The Balaban J connectivity index is 1.61. The van der Waals surface area contributed by atoms with Gasteiger partial charge >= 0.3 is 0 Å². The molecule has 2 aliphatic heterocycles. The van der Waals surface area contributed by atoms with Gasteiger partial charge in [0.2, 0.25) is 5.91 Å².